The van der Waals surface area contributed by atoms with Crippen LogP contribution < -0.4 is 0 Å². The van der Waals surface area contributed by atoms with Crippen molar-refractivity contribution in [2.45, 2.75) is 51.7 Å². The predicted molar refractivity (Wildman–Crippen MR) is 80.8 cm³/mol. The third-order valence-corrected chi connectivity index (χ3v) is 4.44. The highest BCUT2D eigenvalue weighted by atomic mass is 35.5. The summed E-state index contributed by atoms with van der Waals surface area (Å²) < 4.78 is 39.8. The number of fused-ring (bicyclic) bond motifs is 1. The van der Waals surface area contributed by atoms with Crippen LogP contribution in [0.2, 0.25) is 0 Å². The fourth-order valence-corrected chi connectivity index (χ4v) is 3.21. The van der Waals surface area contributed by atoms with Crippen LogP contribution in [0, 0.1) is 5.41 Å². The molecule has 0 aromatic carbocycles. The lowest BCUT2D eigenvalue weighted by Crippen LogP contribution is -2.43. The van der Waals surface area contributed by atoms with E-state index in [0.29, 0.717) is 26.1 Å². The van der Waals surface area contributed by atoms with Gasteiger partial charge in [-0.25, -0.2) is 8.78 Å². The molecule has 2 saturated heterocycles. The van der Waals surface area contributed by atoms with Crippen molar-refractivity contribution in [3.8, 4) is 0 Å². The normalized spacial score (nSPS) is 35.4. The largest absolute Gasteiger partial charge is 0.367 e. The monoisotopic (exact) mass is 333 g/mol. The molecule has 6 heteroatoms. The topological polar surface area (TPSA) is 25.0 Å². The zero-order chi connectivity index (χ0) is 16.1. The van der Waals surface area contributed by atoms with Crippen LogP contribution >= 0.6 is 11.6 Å². The number of likely N-dealkylation sites (tertiary alicyclic amines) is 1. The molecule has 0 radical (unpaired) electrons. The minimum Gasteiger partial charge on any atom is -0.367 e. The number of ether oxygens (including phenoxy) is 2. The molecule has 0 aromatic heterocycles. The molecule has 2 fully saturated rings. The van der Waals surface area contributed by atoms with Crippen molar-refractivity contribution in [3.63, 3.8) is 0 Å². The van der Waals surface area contributed by atoms with Gasteiger partial charge < -0.3 is 14.4 Å². The molecule has 0 amide bonds. The Hall–Kier alpha value is -0.650. The number of piperidine rings is 1. The highest BCUT2D eigenvalue weighted by Gasteiger charge is 2.61. The van der Waals surface area contributed by atoms with E-state index in [2.05, 4.69) is 20.8 Å². The molecule has 2 heterocycles. The Bertz CT molecular complexity index is 529. The average Bonchev–Trinajstić information content (AvgIpc) is 3.08. The summed E-state index contributed by atoms with van der Waals surface area (Å²) in [5.74, 6) is -1.12. The summed E-state index contributed by atoms with van der Waals surface area (Å²) in [4.78, 5) is 1.73. The number of alkyl halides is 1. The molecule has 1 aliphatic carbocycles. The molecule has 3 nitrogen and oxygen atoms in total. The van der Waals surface area contributed by atoms with E-state index < -0.39 is 17.8 Å². The molecule has 3 atom stereocenters. The molecule has 3 aliphatic rings. The second-order valence-corrected chi connectivity index (χ2v) is 7.95. The van der Waals surface area contributed by atoms with E-state index in [0.717, 1.165) is 0 Å². The van der Waals surface area contributed by atoms with Gasteiger partial charge in [-0.1, -0.05) is 32.4 Å². The van der Waals surface area contributed by atoms with E-state index in [9.17, 15) is 8.78 Å². The predicted octanol–water partition coefficient (Wildman–Crippen LogP) is 3.90. The van der Waals surface area contributed by atoms with Crippen molar-refractivity contribution >= 4 is 11.6 Å². The van der Waals surface area contributed by atoms with Gasteiger partial charge in [0.05, 0.1) is 12.3 Å². The summed E-state index contributed by atoms with van der Waals surface area (Å²) in [6.45, 7) is 7.88. The van der Waals surface area contributed by atoms with Crippen LogP contribution in [-0.2, 0) is 9.47 Å². The van der Waals surface area contributed by atoms with Gasteiger partial charge in [-0.2, -0.15) is 0 Å². The number of rotatable bonds is 3. The van der Waals surface area contributed by atoms with Crippen molar-refractivity contribution in [1.29, 1.82) is 0 Å². The lowest BCUT2D eigenvalue weighted by Gasteiger charge is -2.35. The third kappa shape index (κ3) is 3.17. The highest BCUT2D eigenvalue weighted by Crippen LogP contribution is 2.47. The van der Waals surface area contributed by atoms with Gasteiger partial charge in [0.15, 0.2) is 5.79 Å². The molecule has 22 heavy (non-hydrogen) atoms. The first-order valence-corrected chi connectivity index (χ1v) is 8.04. The number of epoxide rings is 1. The second-order valence-electron chi connectivity index (χ2n) is 7.46. The Morgan fingerprint density at radius 1 is 1.50 bits per heavy atom. The van der Waals surface area contributed by atoms with Crippen molar-refractivity contribution in [2.75, 3.05) is 19.7 Å². The minimum atomic E-state index is -1.39. The van der Waals surface area contributed by atoms with Crippen LogP contribution in [0.5, 0.6) is 0 Å². The van der Waals surface area contributed by atoms with Crippen molar-refractivity contribution in [3.05, 3.63) is 22.6 Å². The first-order valence-electron chi connectivity index (χ1n) is 7.67. The van der Waals surface area contributed by atoms with Gasteiger partial charge in [-0.3, -0.25) is 0 Å². The molecule has 124 valence electrons. The summed E-state index contributed by atoms with van der Waals surface area (Å²) in [7, 11) is 0. The van der Waals surface area contributed by atoms with Gasteiger partial charge in [-0.05, 0) is 11.5 Å². The average molecular weight is 334 g/mol. The van der Waals surface area contributed by atoms with Crippen LogP contribution in [0.25, 0.3) is 0 Å². The van der Waals surface area contributed by atoms with Crippen molar-refractivity contribution in [1.82, 2.24) is 4.90 Å². The number of halogens is 3. The van der Waals surface area contributed by atoms with Gasteiger partial charge in [0, 0.05) is 31.0 Å². The Morgan fingerprint density at radius 3 is 2.82 bits per heavy atom. The van der Waals surface area contributed by atoms with E-state index >= 15 is 0 Å². The van der Waals surface area contributed by atoms with E-state index in [4.69, 9.17) is 21.1 Å². The lowest BCUT2D eigenvalue weighted by atomic mass is 9.98. The van der Waals surface area contributed by atoms with Gasteiger partial charge >= 0.3 is 0 Å². The molecule has 0 saturated carbocycles. The summed E-state index contributed by atoms with van der Waals surface area (Å²) >= 11 is 5.74. The molecule has 0 N–H and O–H groups in total. The highest BCUT2D eigenvalue weighted by molar-refractivity contribution is 6.29. The molecule has 0 bridgehead atoms. The summed E-state index contributed by atoms with van der Waals surface area (Å²) in [6, 6.07) is 0. The smallest absolute Gasteiger partial charge is 0.198 e. The first kappa shape index (κ1) is 16.2. The molecular formula is C16H22ClF2NO2. The maximum Gasteiger partial charge on any atom is 0.198 e. The van der Waals surface area contributed by atoms with E-state index in [1.807, 2.05) is 0 Å². The Labute approximate surface area is 134 Å². The number of hydrogen-bond acceptors (Lipinski definition) is 3. The molecule has 0 aromatic rings. The van der Waals surface area contributed by atoms with Crippen LogP contribution in [-0.4, -0.2) is 42.7 Å². The van der Waals surface area contributed by atoms with Gasteiger partial charge in [-0.15, -0.1) is 0 Å². The maximum absolute atomic E-state index is 14.1. The lowest BCUT2D eigenvalue weighted by molar-refractivity contribution is -0.0818. The van der Waals surface area contributed by atoms with Crippen molar-refractivity contribution < 1.29 is 18.3 Å². The maximum atomic E-state index is 14.1. The summed E-state index contributed by atoms with van der Waals surface area (Å²) in [6.07, 6.45) is 0.363. The summed E-state index contributed by atoms with van der Waals surface area (Å²) in [5, 5.41) is 0.219. The molecular weight excluding hydrogens is 312 g/mol. The second kappa shape index (κ2) is 5.46. The van der Waals surface area contributed by atoms with Gasteiger partial charge in [0.1, 0.15) is 18.1 Å². The zero-order valence-electron chi connectivity index (χ0n) is 13.2. The molecule has 3 rings (SSSR count). The standard InChI is InChI=1S/C16H22ClF2NO2/c1-15(2,3)9-21-16-4-5-20(8-13(16)22-16)14-11(18)6-10(17)7-12(14)19/h6,12-13H,4-5,7-9H2,1-3H3/t12?,13-,16+/m1/s1. The van der Waals surface area contributed by atoms with Crippen LogP contribution in [0.1, 0.15) is 33.6 Å². The minimum absolute atomic E-state index is 0.0397. The number of hydrogen-bond donors (Lipinski definition) is 0. The fraction of sp³-hybridized carbons (Fsp3) is 0.750. The number of allylic oxidation sites excluding steroid dienone is 4. The fourth-order valence-electron chi connectivity index (χ4n) is 2.98. The molecule has 0 spiro atoms. The number of nitrogens with zero attached hydrogens (tertiary/aromatic N) is 1. The van der Waals surface area contributed by atoms with Gasteiger partial charge in [0.25, 0.3) is 0 Å². The Morgan fingerprint density at radius 2 is 2.23 bits per heavy atom. The molecule has 2 aliphatic heterocycles. The van der Waals surface area contributed by atoms with E-state index in [1.54, 1.807) is 4.90 Å². The Kier molecular flexibility index (Phi) is 4.03. The van der Waals surface area contributed by atoms with Crippen LogP contribution in [0.3, 0.4) is 0 Å². The van der Waals surface area contributed by atoms with Crippen LogP contribution in [0.15, 0.2) is 22.6 Å². The van der Waals surface area contributed by atoms with E-state index in [-0.39, 0.29) is 28.7 Å². The van der Waals surface area contributed by atoms with Crippen molar-refractivity contribution in [2.24, 2.45) is 5.41 Å². The molecule has 1 unspecified atom stereocenters. The first-order chi connectivity index (χ1) is 10.2. The summed E-state index contributed by atoms with van der Waals surface area (Å²) in [5.41, 5.74) is 0.163. The quantitative estimate of drug-likeness (QED) is 0.732. The van der Waals surface area contributed by atoms with E-state index in [1.165, 1.54) is 6.08 Å². The zero-order valence-corrected chi connectivity index (χ0v) is 13.9. The third-order valence-electron chi connectivity index (χ3n) is 4.18. The van der Waals surface area contributed by atoms with Gasteiger partial charge in [0.2, 0.25) is 0 Å². The Balaban J connectivity index is 1.64. The SMILES string of the molecule is CC(C)(C)CO[C@]12CCN(C3=C(F)C=C(Cl)CC3F)C[C@H]1O2. The van der Waals surface area contributed by atoms with Crippen LogP contribution in [0.4, 0.5) is 8.78 Å².